The zero-order chi connectivity index (χ0) is 21.5. The van der Waals surface area contributed by atoms with Crippen molar-refractivity contribution in [1.29, 1.82) is 0 Å². The number of nitrogens with zero attached hydrogens (tertiary/aromatic N) is 1. The van der Waals surface area contributed by atoms with E-state index in [1.54, 1.807) is 11.3 Å². The third-order valence-electron chi connectivity index (χ3n) is 6.62. The van der Waals surface area contributed by atoms with Crippen LogP contribution >= 0.6 is 22.7 Å². The van der Waals surface area contributed by atoms with Crippen molar-refractivity contribution in [2.75, 3.05) is 18.4 Å². The quantitative estimate of drug-likeness (QED) is 0.623. The summed E-state index contributed by atoms with van der Waals surface area (Å²) in [6.45, 7) is 10.8. The molecule has 1 N–H and O–H groups in total. The first kappa shape index (κ1) is 21.6. The third kappa shape index (κ3) is 4.35. The van der Waals surface area contributed by atoms with Crippen molar-refractivity contribution in [3.63, 3.8) is 0 Å². The summed E-state index contributed by atoms with van der Waals surface area (Å²) in [6, 6.07) is 3.71. The molecule has 0 unspecified atom stereocenters. The summed E-state index contributed by atoms with van der Waals surface area (Å²) in [4.78, 5) is 30.4. The molecule has 2 aromatic heterocycles. The minimum atomic E-state index is -0.114. The molecule has 0 radical (unpaired) electrons. The van der Waals surface area contributed by atoms with E-state index >= 15 is 0 Å². The summed E-state index contributed by atoms with van der Waals surface area (Å²) in [7, 11) is 0. The van der Waals surface area contributed by atoms with E-state index in [0.29, 0.717) is 16.7 Å². The fourth-order valence-electron chi connectivity index (χ4n) is 4.74. The third-order valence-corrected chi connectivity index (χ3v) is 8.66. The van der Waals surface area contributed by atoms with Gasteiger partial charge in [-0.15, -0.1) is 22.7 Å². The van der Waals surface area contributed by atoms with E-state index in [-0.39, 0.29) is 17.2 Å². The van der Waals surface area contributed by atoms with E-state index in [1.807, 2.05) is 22.4 Å². The van der Waals surface area contributed by atoms with Crippen molar-refractivity contribution in [3.05, 3.63) is 38.4 Å². The van der Waals surface area contributed by atoms with Gasteiger partial charge in [0.25, 0.3) is 11.8 Å². The van der Waals surface area contributed by atoms with Crippen LogP contribution < -0.4 is 5.32 Å². The molecule has 1 aliphatic carbocycles. The maximum absolute atomic E-state index is 13.6. The number of hydrogen-bond acceptors (Lipinski definition) is 4. The predicted octanol–water partition coefficient (Wildman–Crippen LogP) is 6.09. The molecule has 3 heterocycles. The highest BCUT2D eigenvalue weighted by Gasteiger charge is 2.36. The molecule has 0 aromatic carbocycles. The molecule has 2 atom stereocenters. The van der Waals surface area contributed by atoms with E-state index in [9.17, 15) is 9.59 Å². The number of likely N-dealkylation sites (tertiary alicyclic amines) is 1. The number of piperidine rings is 1. The number of carbonyl (C=O) groups excluding carboxylic acids is 2. The zero-order valence-corrected chi connectivity index (χ0v) is 20.0. The molecule has 30 heavy (non-hydrogen) atoms. The van der Waals surface area contributed by atoms with Gasteiger partial charge in [-0.3, -0.25) is 9.59 Å². The maximum atomic E-state index is 13.6. The van der Waals surface area contributed by atoms with E-state index in [1.165, 1.54) is 28.2 Å². The first-order chi connectivity index (χ1) is 14.2. The van der Waals surface area contributed by atoms with E-state index in [4.69, 9.17) is 0 Å². The highest BCUT2D eigenvalue weighted by molar-refractivity contribution is 7.17. The highest BCUT2D eigenvalue weighted by atomic mass is 32.1. The largest absolute Gasteiger partial charge is 0.338 e. The summed E-state index contributed by atoms with van der Waals surface area (Å²) in [5, 5.41) is 5.75. The first-order valence-corrected chi connectivity index (χ1v) is 12.7. The molecule has 6 heteroatoms. The molecule has 4 nitrogen and oxygen atoms in total. The molecule has 1 fully saturated rings. The number of fused-ring (bicyclic) bond motifs is 1. The van der Waals surface area contributed by atoms with Crippen LogP contribution in [0.1, 0.15) is 77.4 Å². The Bertz CT molecular complexity index is 924. The Labute approximate surface area is 187 Å². The van der Waals surface area contributed by atoms with Gasteiger partial charge in [-0.2, -0.15) is 0 Å². The van der Waals surface area contributed by atoms with Crippen LogP contribution in [0.15, 0.2) is 17.5 Å². The number of hydrogen-bond donors (Lipinski definition) is 1. The molecule has 2 aromatic rings. The number of rotatable bonds is 3. The van der Waals surface area contributed by atoms with Crippen LogP contribution in [-0.4, -0.2) is 29.8 Å². The summed E-state index contributed by atoms with van der Waals surface area (Å²) in [5.74, 6) is 1.13. The molecule has 0 bridgehead atoms. The molecular weight excluding hydrogens is 412 g/mol. The smallest absolute Gasteiger partial charge is 0.266 e. The second-order valence-electron chi connectivity index (χ2n) is 9.94. The molecule has 4 rings (SSSR count). The van der Waals surface area contributed by atoms with Gasteiger partial charge in [0.15, 0.2) is 0 Å². The Kier molecular flexibility index (Phi) is 6.08. The minimum absolute atomic E-state index is 0.106. The maximum Gasteiger partial charge on any atom is 0.266 e. The fourth-order valence-corrected chi connectivity index (χ4v) is 6.68. The van der Waals surface area contributed by atoms with Gasteiger partial charge in [0.05, 0.1) is 10.4 Å². The first-order valence-electron chi connectivity index (χ1n) is 11.0. The SMILES string of the molecule is C[C@@H]1CCCN(C(=O)c2c(NC(=O)c3cccs3)sc3c2CC[C@H](C(C)(C)C)C3)C1. The molecule has 0 spiro atoms. The normalized spacial score (nSPS) is 21.9. The number of anilines is 1. The lowest BCUT2D eigenvalue weighted by atomic mass is 9.72. The Morgan fingerprint density at radius 1 is 1.23 bits per heavy atom. The average molecular weight is 445 g/mol. The lowest BCUT2D eigenvalue weighted by Crippen LogP contribution is -2.39. The average Bonchev–Trinajstić information content (AvgIpc) is 3.34. The van der Waals surface area contributed by atoms with E-state index < -0.39 is 0 Å². The lowest BCUT2D eigenvalue weighted by molar-refractivity contribution is 0.0683. The van der Waals surface area contributed by atoms with Crippen LogP contribution in [0, 0.1) is 17.3 Å². The second kappa shape index (κ2) is 8.46. The minimum Gasteiger partial charge on any atom is -0.338 e. The number of thiophene rings is 2. The fraction of sp³-hybridized carbons (Fsp3) is 0.583. The Balaban J connectivity index is 1.68. The molecule has 1 aliphatic heterocycles. The topological polar surface area (TPSA) is 49.4 Å². The van der Waals surface area contributed by atoms with Gasteiger partial charge in [-0.1, -0.05) is 33.8 Å². The Morgan fingerprint density at radius 2 is 2.03 bits per heavy atom. The van der Waals surface area contributed by atoms with Crippen LogP contribution in [0.5, 0.6) is 0 Å². The highest BCUT2D eigenvalue weighted by Crippen LogP contribution is 2.45. The number of amides is 2. The van der Waals surface area contributed by atoms with Gasteiger partial charge in [0, 0.05) is 18.0 Å². The van der Waals surface area contributed by atoms with Gasteiger partial charge in [0.1, 0.15) is 5.00 Å². The van der Waals surface area contributed by atoms with E-state index in [0.717, 1.165) is 49.3 Å². The molecule has 2 amide bonds. The lowest BCUT2D eigenvalue weighted by Gasteiger charge is -2.34. The van der Waals surface area contributed by atoms with Gasteiger partial charge in [0.2, 0.25) is 0 Å². The van der Waals surface area contributed by atoms with Crippen molar-refractivity contribution >= 4 is 39.5 Å². The van der Waals surface area contributed by atoms with Crippen molar-refractivity contribution in [3.8, 4) is 0 Å². The van der Waals surface area contributed by atoms with Gasteiger partial charge in [-0.25, -0.2) is 0 Å². The second-order valence-corrected chi connectivity index (χ2v) is 12.0. The Morgan fingerprint density at radius 3 is 2.70 bits per heavy atom. The molecule has 162 valence electrons. The molecular formula is C24H32N2O2S2. The van der Waals surface area contributed by atoms with Crippen LogP contribution in [-0.2, 0) is 12.8 Å². The van der Waals surface area contributed by atoms with E-state index in [2.05, 4.69) is 33.0 Å². The molecule has 1 saturated heterocycles. The summed E-state index contributed by atoms with van der Waals surface area (Å²) >= 11 is 3.05. The summed E-state index contributed by atoms with van der Waals surface area (Å²) in [6.07, 6.45) is 5.26. The monoisotopic (exact) mass is 444 g/mol. The van der Waals surface area contributed by atoms with Crippen LogP contribution in [0.2, 0.25) is 0 Å². The Hall–Kier alpha value is -1.66. The van der Waals surface area contributed by atoms with Crippen LogP contribution in [0.25, 0.3) is 0 Å². The van der Waals surface area contributed by atoms with Crippen LogP contribution in [0.4, 0.5) is 5.00 Å². The number of carbonyl (C=O) groups is 2. The summed E-state index contributed by atoms with van der Waals surface area (Å²) < 4.78 is 0. The van der Waals surface area contributed by atoms with Crippen molar-refractivity contribution in [2.45, 2.75) is 59.8 Å². The number of nitrogens with one attached hydrogen (secondary N) is 1. The predicted molar refractivity (Wildman–Crippen MR) is 126 cm³/mol. The van der Waals surface area contributed by atoms with Crippen molar-refractivity contribution < 1.29 is 9.59 Å². The zero-order valence-electron chi connectivity index (χ0n) is 18.4. The van der Waals surface area contributed by atoms with Gasteiger partial charge >= 0.3 is 0 Å². The van der Waals surface area contributed by atoms with Crippen molar-refractivity contribution in [1.82, 2.24) is 4.90 Å². The van der Waals surface area contributed by atoms with Gasteiger partial charge < -0.3 is 10.2 Å². The van der Waals surface area contributed by atoms with Gasteiger partial charge in [-0.05, 0) is 66.4 Å². The standard InChI is InChI=1S/C24H32N2O2S2/c1-15-7-5-11-26(14-15)23(28)20-17-10-9-16(24(2,3)4)13-19(17)30-22(20)25-21(27)18-8-6-12-29-18/h6,8,12,15-16H,5,7,9-11,13-14H2,1-4H3,(H,25,27)/t15-,16+/m1/s1. The van der Waals surface area contributed by atoms with Crippen LogP contribution in [0.3, 0.4) is 0 Å². The molecule has 2 aliphatic rings. The molecule has 0 saturated carbocycles. The van der Waals surface area contributed by atoms with Crippen molar-refractivity contribution in [2.24, 2.45) is 17.3 Å². The summed E-state index contributed by atoms with van der Waals surface area (Å²) in [5.41, 5.74) is 2.20.